The van der Waals surface area contributed by atoms with E-state index in [-0.39, 0.29) is 6.29 Å². The van der Waals surface area contributed by atoms with Crippen molar-refractivity contribution in [3.05, 3.63) is 70.7 Å². The van der Waals surface area contributed by atoms with Crippen LogP contribution in [0.1, 0.15) is 5.56 Å². The van der Waals surface area contributed by atoms with Gasteiger partial charge in [0.05, 0.1) is 11.1 Å². The van der Waals surface area contributed by atoms with Gasteiger partial charge in [0.2, 0.25) is 0 Å². The summed E-state index contributed by atoms with van der Waals surface area (Å²) in [4.78, 5) is 4.37. The van der Waals surface area contributed by atoms with Crippen LogP contribution in [0.4, 0.5) is 0 Å². The number of fused-ring (bicyclic) bond motifs is 1. The molecule has 0 bridgehead atoms. The number of nitrogens with one attached hydrogen (secondary N) is 1. The highest BCUT2D eigenvalue weighted by molar-refractivity contribution is 5.64. The second kappa shape index (κ2) is 4.03. The fourth-order valence-corrected chi connectivity index (χ4v) is 2.05. The zero-order chi connectivity index (χ0) is 11.7. The Hall–Kier alpha value is -2.13. The molecule has 1 aliphatic rings. The minimum atomic E-state index is -0.375. The highest BCUT2D eigenvalue weighted by Gasteiger charge is 2.10. The van der Waals surface area contributed by atoms with Gasteiger partial charge in [-0.1, -0.05) is 48.5 Å². The molecule has 3 heteroatoms. The van der Waals surface area contributed by atoms with Crippen LogP contribution in [0, 0.1) is 0 Å². The van der Waals surface area contributed by atoms with Crippen LogP contribution in [-0.2, 0) is 0 Å². The van der Waals surface area contributed by atoms with Gasteiger partial charge in [-0.2, -0.15) is 0 Å². The second-order valence-electron chi connectivity index (χ2n) is 3.98. The molecule has 1 atom stereocenters. The summed E-state index contributed by atoms with van der Waals surface area (Å²) in [6.07, 6.45) is -0.375. The first kappa shape index (κ1) is 10.1. The highest BCUT2D eigenvalue weighted by atomic mass is 15.2. The fourth-order valence-electron chi connectivity index (χ4n) is 2.05. The van der Waals surface area contributed by atoms with Crippen LogP contribution in [0.5, 0.6) is 0 Å². The van der Waals surface area contributed by atoms with Crippen molar-refractivity contribution >= 4 is 5.70 Å². The number of hydrogen-bond acceptors (Lipinski definition) is 3. The van der Waals surface area contributed by atoms with Gasteiger partial charge < -0.3 is 5.32 Å². The molecule has 0 aromatic heterocycles. The van der Waals surface area contributed by atoms with E-state index < -0.39 is 0 Å². The predicted molar refractivity (Wildman–Crippen MR) is 67.3 cm³/mol. The standard InChI is InChI=1S/C14H13N3/c15-14-16-12-9-5-4-8-11(12)13(17-14)10-6-2-1-3-7-10/h1-9,14,17H,15H2. The van der Waals surface area contributed by atoms with Crippen molar-refractivity contribution < 1.29 is 0 Å². The first-order valence-corrected chi connectivity index (χ1v) is 5.59. The normalized spacial score (nSPS) is 17.9. The Kier molecular flexibility index (Phi) is 2.38. The summed E-state index contributed by atoms with van der Waals surface area (Å²) in [5, 5.41) is 5.26. The number of para-hydroxylation sites is 1. The van der Waals surface area contributed by atoms with Crippen molar-refractivity contribution in [1.82, 2.24) is 5.32 Å². The van der Waals surface area contributed by atoms with Gasteiger partial charge in [0.25, 0.3) is 0 Å². The van der Waals surface area contributed by atoms with Crippen LogP contribution in [-0.4, -0.2) is 6.29 Å². The van der Waals surface area contributed by atoms with Crippen LogP contribution in [0.2, 0.25) is 0 Å². The fraction of sp³-hybridized carbons (Fsp3) is 0.0714. The maximum Gasteiger partial charge on any atom is 0.171 e. The van der Waals surface area contributed by atoms with E-state index in [0.29, 0.717) is 0 Å². The van der Waals surface area contributed by atoms with Crippen LogP contribution >= 0.6 is 0 Å². The molecule has 1 unspecified atom stereocenters. The second-order valence-corrected chi connectivity index (χ2v) is 3.98. The Morgan fingerprint density at radius 1 is 0.941 bits per heavy atom. The molecule has 2 aromatic carbocycles. The van der Waals surface area contributed by atoms with Crippen LogP contribution in [0.3, 0.4) is 0 Å². The van der Waals surface area contributed by atoms with Gasteiger partial charge in [0, 0.05) is 5.22 Å². The third-order valence-electron chi connectivity index (χ3n) is 2.81. The molecule has 3 nitrogen and oxygen atoms in total. The third kappa shape index (κ3) is 1.81. The van der Waals surface area contributed by atoms with Crippen molar-refractivity contribution in [2.45, 2.75) is 6.29 Å². The van der Waals surface area contributed by atoms with Crippen molar-refractivity contribution in [1.29, 1.82) is 0 Å². The number of nitrogens with two attached hydrogens (primary N) is 1. The van der Waals surface area contributed by atoms with Gasteiger partial charge in [-0.15, -0.1) is 0 Å². The molecule has 0 amide bonds. The maximum atomic E-state index is 5.88. The molecule has 0 saturated heterocycles. The summed E-state index contributed by atoms with van der Waals surface area (Å²) in [6, 6.07) is 18.2. The molecule has 0 saturated carbocycles. The van der Waals surface area contributed by atoms with E-state index in [0.717, 1.165) is 21.8 Å². The van der Waals surface area contributed by atoms with Gasteiger partial charge in [-0.3, -0.25) is 5.73 Å². The molecule has 0 radical (unpaired) electrons. The van der Waals surface area contributed by atoms with E-state index in [1.807, 2.05) is 36.4 Å². The van der Waals surface area contributed by atoms with Crippen LogP contribution < -0.4 is 21.6 Å². The van der Waals surface area contributed by atoms with E-state index >= 15 is 0 Å². The van der Waals surface area contributed by atoms with E-state index in [9.17, 15) is 0 Å². The Morgan fingerprint density at radius 3 is 2.47 bits per heavy atom. The average molecular weight is 223 g/mol. The number of hydrogen-bond donors (Lipinski definition) is 2. The average Bonchev–Trinajstić information content (AvgIpc) is 2.39. The summed E-state index contributed by atoms with van der Waals surface area (Å²) in [5.74, 6) is 0. The first-order chi connectivity index (χ1) is 8.34. The van der Waals surface area contributed by atoms with Gasteiger partial charge in [0.1, 0.15) is 0 Å². The Balaban J connectivity index is 2.33. The number of benzene rings is 2. The zero-order valence-corrected chi connectivity index (χ0v) is 9.30. The van der Waals surface area contributed by atoms with E-state index in [1.54, 1.807) is 0 Å². The summed E-state index contributed by atoms with van der Waals surface area (Å²) in [5.41, 5.74) is 8.05. The Bertz CT molecular complexity index is 647. The minimum Gasteiger partial charge on any atom is -0.351 e. The number of nitrogens with zero attached hydrogens (tertiary/aromatic N) is 1. The van der Waals surface area contributed by atoms with Crippen LogP contribution in [0.15, 0.2) is 59.6 Å². The topological polar surface area (TPSA) is 50.4 Å². The van der Waals surface area contributed by atoms with Gasteiger partial charge in [0.15, 0.2) is 6.29 Å². The van der Waals surface area contributed by atoms with E-state index in [1.165, 1.54) is 0 Å². The molecule has 3 rings (SSSR count). The molecule has 0 spiro atoms. The Labute approximate surface area is 99.3 Å². The molecule has 0 aliphatic carbocycles. The smallest absolute Gasteiger partial charge is 0.171 e. The summed E-state index contributed by atoms with van der Waals surface area (Å²) < 4.78 is 0. The SMILES string of the molecule is NC1N=c2ccccc2=C(c2ccccc2)N1. The molecule has 0 fully saturated rings. The van der Waals surface area contributed by atoms with Gasteiger partial charge >= 0.3 is 0 Å². The van der Waals surface area contributed by atoms with Crippen molar-refractivity contribution in [3.8, 4) is 0 Å². The summed E-state index contributed by atoms with van der Waals surface area (Å²) in [7, 11) is 0. The van der Waals surface area contributed by atoms with Gasteiger partial charge in [-0.05, 0) is 11.6 Å². The monoisotopic (exact) mass is 223 g/mol. The summed E-state index contributed by atoms with van der Waals surface area (Å²) in [6.45, 7) is 0. The largest absolute Gasteiger partial charge is 0.351 e. The predicted octanol–water partition coefficient (Wildman–Crippen LogP) is 0.308. The van der Waals surface area contributed by atoms with Gasteiger partial charge in [-0.25, -0.2) is 4.99 Å². The van der Waals surface area contributed by atoms with Crippen molar-refractivity contribution in [2.75, 3.05) is 0 Å². The zero-order valence-electron chi connectivity index (χ0n) is 9.30. The van der Waals surface area contributed by atoms with Crippen LogP contribution in [0.25, 0.3) is 5.70 Å². The lowest BCUT2D eigenvalue weighted by Gasteiger charge is -2.19. The molecule has 17 heavy (non-hydrogen) atoms. The highest BCUT2D eigenvalue weighted by Crippen LogP contribution is 2.08. The van der Waals surface area contributed by atoms with Crippen molar-refractivity contribution in [2.24, 2.45) is 10.7 Å². The van der Waals surface area contributed by atoms with Crippen molar-refractivity contribution in [3.63, 3.8) is 0 Å². The lowest BCUT2D eigenvalue weighted by atomic mass is 10.1. The molecule has 1 aliphatic heterocycles. The first-order valence-electron chi connectivity index (χ1n) is 5.59. The Morgan fingerprint density at radius 2 is 1.65 bits per heavy atom. The third-order valence-corrected chi connectivity index (χ3v) is 2.81. The molecular weight excluding hydrogens is 210 g/mol. The molecular formula is C14H13N3. The van der Waals surface area contributed by atoms with E-state index in [4.69, 9.17) is 5.73 Å². The summed E-state index contributed by atoms with van der Waals surface area (Å²) >= 11 is 0. The molecule has 1 heterocycles. The minimum absolute atomic E-state index is 0.375. The lowest BCUT2D eigenvalue weighted by Crippen LogP contribution is -2.47. The molecule has 2 aromatic rings. The lowest BCUT2D eigenvalue weighted by molar-refractivity contribution is 0.622. The molecule has 3 N–H and O–H groups in total. The molecule has 84 valence electrons. The maximum absolute atomic E-state index is 5.88. The quantitative estimate of drug-likeness (QED) is 0.731. The number of rotatable bonds is 1. The van der Waals surface area contributed by atoms with E-state index in [2.05, 4.69) is 28.5 Å².